The van der Waals surface area contributed by atoms with Crippen LogP contribution >= 0.6 is 0 Å². The number of carbonyl (C=O) groups excluding carboxylic acids is 3. The van der Waals surface area contributed by atoms with Gasteiger partial charge in [-0.3, -0.25) is 9.59 Å². The second kappa shape index (κ2) is 8.72. The van der Waals surface area contributed by atoms with E-state index in [9.17, 15) is 14.4 Å². The van der Waals surface area contributed by atoms with E-state index in [1.54, 1.807) is 6.92 Å². The van der Waals surface area contributed by atoms with Crippen molar-refractivity contribution in [2.75, 3.05) is 7.11 Å². The molecule has 1 aliphatic carbocycles. The molecule has 0 unspecified atom stereocenters. The third kappa shape index (κ3) is 5.31. The van der Waals surface area contributed by atoms with Crippen LogP contribution in [0.3, 0.4) is 0 Å². The van der Waals surface area contributed by atoms with Crippen molar-refractivity contribution in [1.82, 2.24) is 5.32 Å². The van der Waals surface area contributed by atoms with Gasteiger partial charge in [-0.25, -0.2) is 4.79 Å². The van der Waals surface area contributed by atoms with Gasteiger partial charge in [0, 0.05) is 18.8 Å². The summed E-state index contributed by atoms with van der Waals surface area (Å²) in [5.41, 5.74) is 0. The quantitative estimate of drug-likeness (QED) is 0.725. The molecule has 20 heavy (non-hydrogen) atoms. The van der Waals surface area contributed by atoms with E-state index in [1.807, 2.05) is 0 Å². The second-order valence-electron chi connectivity index (χ2n) is 5.35. The fourth-order valence-electron chi connectivity index (χ4n) is 2.53. The van der Waals surface area contributed by atoms with E-state index in [0.717, 1.165) is 25.7 Å². The molecule has 0 spiro atoms. The average Bonchev–Trinajstić information content (AvgIpc) is 2.50. The predicted octanol–water partition coefficient (Wildman–Crippen LogP) is 1.98. The van der Waals surface area contributed by atoms with Crippen molar-refractivity contribution in [2.45, 2.75) is 64.3 Å². The molecule has 1 N–H and O–H groups in total. The van der Waals surface area contributed by atoms with Crippen LogP contribution in [0.5, 0.6) is 0 Å². The SMILES string of the molecule is CCC(=O)CC[C@@H](NC(=O)C1CCCCC1)C(=O)OC. The molecule has 0 saturated heterocycles. The van der Waals surface area contributed by atoms with E-state index in [-0.39, 0.29) is 17.6 Å². The molecule has 1 atom stereocenters. The molecule has 0 aromatic heterocycles. The minimum absolute atomic E-state index is 0.00205. The van der Waals surface area contributed by atoms with E-state index >= 15 is 0 Å². The lowest BCUT2D eigenvalue weighted by atomic mass is 9.88. The zero-order valence-corrected chi connectivity index (χ0v) is 12.4. The fourth-order valence-corrected chi connectivity index (χ4v) is 2.53. The molecule has 5 heteroatoms. The summed E-state index contributed by atoms with van der Waals surface area (Å²) in [6.45, 7) is 1.79. The van der Waals surface area contributed by atoms with Crippen LogP contribution in [0.15, 0.2) is 0 Å². The van der Waals surface area contributed by atoms with Crippen molar-refractivity contribution in [3.8, 4) is 0 Å². The summed E-state index contributed by atoms with van der Waals surface area (Å²) in [7, 11) is 1.30. The zero-order valence-electron chi connectivity index (χ0n) is 12.4. The smallest absolute Gasteiger partial charge is 0.328 e. The highest BCUT2D eigenvalue weighted by molar-refractivity contribution is 5.86. The Morgan fingerprint density at radius 2 is 1.85 bits per heavy atom. The summed E-state index contributed by atoms with van der Waals surface area (Å²) in [6, 6.07) is -0.704. The van der Waals surface area contributed by atoms with Gasteiger partial charge in [-0.05, 0) is 19.3 Å². The molecule has 0 heterocycles. The van der Waals surface area contributed by atoms with E-state index in [4.69, 9.17) is 4.74 Å². The maximum atomic E-state index is 12.1. The van der Waals surface area contributed by atoms with Crippen LogP contribution in [0.4, 0.5) is 0 Å². The van der Waals surface area contributed by atoms with Gasteiger partial charge in [-0.15, -0.1) is 0 Å². The predicted molar refractivity (Wildman–Crippen MR) is 75.1 cm³/mol. The number of Topliss-reactive ketones (excluding diaryl/α,β-unsaturated/α-hetero) is 1. The minimum Gasteiger partial charge on any atom is -0.467 e. The standard InChI is InChI=1S/C15H25NO4/c1-3-12(17)9-10-13(15(19)20-2)16-14(18)11-7-5-4-6-8-11/h11,13H,3-10H2,1-2H3,(H,16,18)/t13-/m1/s1. The van der Waals surface area contributed by atoms with E-state index < -0.39 is 12.0 Å². The Hall–Kier alpha value is -1.39. The number of ketones is 1. The van der Waals surface area contributed by atoms with Crippen molar-refractivity contribution in [3.63, 3.8) is 0 Å². The number of hydrogen-bond acceptors (Lipinski definition) is 4. The van der Waals surface area contributed by atoms with Crippen LogP contribution in [0.25, 0.3) is 0 Å². The molecule has 0 aromatic rings. The first-order chi connectivity index (χ1) is 9.58. The van der Waals surface area contributed by atoms with Gasteiger partial charge in [0.2, 0.25) is 5.91 Å². The molecular weight excluding hydrogens is 258 g/mol. The van der Waals surface area contributed by atoms with Gasteiger partial charge in [0.25, 0.3) is 0 Å². The summed E-state index contributed by atoms with van der Waals surface area (Å²) in [5, 5.41) is 2.75. The number of ether oxygens (including phenoxy) is 1. The highest BCUT2D eigenvalue weighted by atomic mass is 16.5. The lowest BCUT2D eigenvalue weighted by Gasteiger charge is -2.23. The number of nitrogens with one attached hydrogen (secondary N) is 1. The van der Waals surface area contributed by atoms with Gasteiger partial charge in [0.15, 0.2) is 0 Å². The van der Waals surface area contributed by atoms with Gasteiger partial charge < -0.3 is 10.1 Å². The minimum atomic E-state index is -0.704. The van der Waals surface area contributed by atoms with Crippen LogP contribution in [0.1, 0.15) is 58.3 Å². The number of methoxy groups -OCH3 is 1. The fraction of sp³-hybridized carbons (Fsp3) is 0.800. The number of amides is 1. The third-order valence-electron chi connectivity index (χ3n) is 3.88. The monoisotopic (exact) mass is 283 g/mol. The molecule has 1 amide bonds. The first kappa shape index (κ1) is 16.7. The van der Waals surface area contributed by atoms with Crippen LogP contribution in [0.2, 0.25) is 0 Å². The summed E-state index contributed by atoms with van der Waals surface area (Å²) in [6.07, 6.45) is 6.13. The molecule has 0 radical (unpaired) electrons. The van der Waals surface area contributed by atoms with E-state index in [1.165, 1.54) is 13.5 Å². The van der Waals surface area contributed by atoms with Gasteiger partial charge in [0.1, 0.15) is 11.8 Å². The topological polar surface area (TPSA) is 72.5 Å². The second-order valence-corrected chi connectivity index (χ2v) is 5.35. The number of hydrogen-bond donors (Lipinski definition) is 1. The van der Waals surface area contributed by atoms with Gasteiger partial charge in [-0.2, -0.15) is 0 Å². The lowest BCUT2D eigenvalue weighted by molar-refractivity contribution is -0.146. The third-order valence-corrected chi connectivity index (χ3v) is 3.88. The average molecular weight is 283 g/mol. The van der Waals surface area contributed by atoms with Crippen LogP contribution in [0, 0.1) is 5.92 Å². The Morgan fingerprint density at radius 3 is 2.40 bits per heavy atom. The Kier molecular flexibility index (Phi) is 7.26. The lowest BCUT2D eigenvalue weighted by Crippen LogP contribution is -2.44. The molecule has 1 fully saturated rings. The number of esters is 1. The molecule has 0 bridgehead atoms. The Morgan fingerprint density at radius 1 is 1.20 bits per heavy atom. The van der Waals surface area contributed by atoms with Gasteiger partial charge >= 0.3 is 5.97 Å². The van der Waals surface area contributed by atoms with Crippen molar-refractivity contribution in [3.05, 3.63) is 0 Å². The Bertz CT molecular complexity index is 348. The van der Waals surface area contributed by atoms with Gasteiger partial charge in [0.05, 0.1) is 7.11 Å². The van der Waals surface area contributed by atoms with Crippen LogP contribution < -0.4 is 5.32 Å². The van der Waals surface area contributed by atoms with Crippen molar-refractivity contribution < 1.29 is 19.1 Å². The molecule has 1 rings (SSSR count). The van der Waals surface area contributed by atoms with E-state index in [0.29, 0.717) is 19.3 Å². The van der Waals surface area contributed by atoms with Crippen LogP contribution in [-0.2, 0) is 19.1 Å². The number of rotatable bonds is 7. The van der Waals surface area contributed by atoms with Crippen molar-refractivity contribution >= 4 is 17.7 Å². The maximum absolute atomic E-state index is 12.1. The molecule has 0 aromatic carbocycles. The highest BCUT2D eigenvalue weighted by Gasteiger charge is 2.27. The summed E-state index contributed by atoms with van der Waals surface area (Å²) < 4.78 is 4.70. The molecule has 0 aliphatic heterocycles. The number of carbonyl (C=O) groups is 3. The molecular formula is C15H25NO4. The molecule has 5 nitrogen and oxygen atoms in total. The molecule has 1 saturated carbocycles. The highest BCUT2D eigenvalue weighted by Crippen LogP contribution is 2.23. The zero-order chi connectivity index (χ0) is 15.0. The van der Waals surface area contributed by atoms with Crippen molar-refractivity contribution in [1.29, 1.82) is 0 Å². The first-order valence-electron chi connectivity index (χ1n) is 7.48. The van der Waals surface area contributed by atoms with Gasteiger partial charge in [-0.1, -0.05) is 26.2 Å². The molecule has 114 valence electrons. The summed E-state index contributed by atoms with van der Waals surface area (Å²) >= 11 is 0. The largest absolute Gasteiger partial charge is 0.467 e. The molecule has 1 aliphatic rings. The summed E-state index contributed by atoms with van der Waals surface area (Å²) in [5.74, 6) is -0.467. The first-order valence-corrected chi connectivity index (χ1v) is 7.48. The Labute approximate surface area is 120 Å². The van der Waals surface area contributed by atoms with Crippen molar-refractivity contribution in [2.24, 2.45) is 5.92 Å². The Balaban J connectivity index is 2.52. The normalized spacial score (nSPS) is 17.3. The van der Waals surface area contributed by atoms with E-state index in [2.05, 4.69) is 5.32 Å². The maximum Gasteiger partial charge on any atom is 0.328 e. The summed E-state index contributed by atoms with van der Waals surface area (Å²) in [4.78, 5) is 35.2. The van der Waals surface area contributed by atoms with Crippen LogP contribution in [-0.4, -0.2) is 30.8 Å².